The number of thioether (sulfide) groups is 2. The van der Waals surface area contributed by atoms with E-state index in [9.17, 15) is 9.59 Å². The van der Waals surface area contributed by atoms with Crippen LogP contribution in [0.5, 0.6) is 0 Å². The Balaban J connectivity index is 1.57. The third-order valence-electron chi connectivity index (χ3n) is 3.65. The lowest BCUT2D eigenvalue weighted by Gasteiger charge is -2.09. The van der Waals surface area contributed by atoms with E-state index in [1.165, 1.54) is 29.1 Å². The van der Waals surface area contributed by atoms with Crippen LogP contribution in [-0.4, -0.2) is 38.5 Å². The largest absolute Gasteiger partial charge is 0.369 e. The van der Waals surface area contributed by atoms with E-state index in [2.05, 4.69) is 20.5 Å². The molecule has 0 radical (unpaired) electrons. The minimum Gasteiger partial charge on any atom is -0.369 e. The van der Waals surface area contributed by atoms with Gasteiger partial charge in [-0.3, -0.25) is 14.7 Å². The van der Waals surface area contributed by atoms with Crippen molar-refractivity contribution in [2.75, 3.05) is 16.8 Å². The number of rotatable bonds is 8. The number of nitrogens with one attached hydrogen (secondary N) is 2. The molecule has 0 saturated carbocycles. The molecule has 0 atom stereocenters. The summed E-state index contributed by atoms with van der Waals surface area (Å²) in [4.78, 5) is 28.5. The molecule has 3 rings (SSSR count). The van der Waals surface area contributed by atoms with Crippen LogP contribution >= 0.6 is 23.5 Å². The minimum absolute atomic E-state index is 0.153. The first-order chi connectivity index (χ1) is 13.5. The number of hydrogen-bond acceptors (Lipinski definition) is 6. The molecule has 28 heavy (non-hydrogen) atoms. The third kappa shape index (κ3) is 5.61. The Kier molecular flexibility index (Phi) is 6.72. The number of H-pyrrole nitrogens is 1. The number of aryl methyl sites for hydroxylation is 1. The molecular weight excluding hydrogens is 394 g/mol. The van der Waals surface area contributed by atoms with Gasteiger partial charge in [-0.05, 0) is 19.1 Å². The van der Waals surface area contributed by atoms with E-state index < -0.39 is 5.91 Å². The molecule has 0 aliphatic heterocycles. The van der Waals surface area contributed by atoms with Gasteiger partial charge >= 0.3 is 0 Å². The highest BCUT2D eigenvalue weighted by atomic mass is 32.2. The molecule has 1 heterocycles. The molecule has 0 aliphatic rings. The SMILES string of the molecule is Cc1ccc(-c2nc(SCC(=O)Nc3ccccc3SCC(N)=O)n[nH]2)cc1. The average molecular weight is 414 g/mol. The quantitative estimate of drug-likeness (QED) is 0.489. The molecule has 0 spiro atoms. The molecule has 2 aromatic carbocycles. The van der Waals surface area contributed by atoms with Gasteiger partial charge in [-0.2, -0.15) is 0 Å². The first-order valence-electron chi connectivity index (χ1n) is 8.43. The Morgan fingerprint density at radius 1 is 1.07 bits per heavy atom. The highest BCUT2D eigenvalue weighted by Crippen LogP contribution is 2.27. The van der Waals surface area contributed by atoms with E-state index in [1.807, 2.05) is 49.4 Å². The van der Waals surface area contributed by atoms with Gasteiger partial charge in [0.1, 0.15) is 0 Å². The lowest BCUT2D eigenvalue weighted by molar-refractivity contribution is -0.115. The summed E-state index contributed by atoms with van der Waals surface area (Å²) >= 11 is 2.53. The van der Waals surface area contributed by atoms with Crippen molar-refractivity contribution < 1.29 is 9.59 Å². The summed E-state index contributed by atoms with van der Waals surface area (Å²) in [5, 5.41) is 10.4. The van der Waals surface area contributed by atoms with Crippen LogP contribution in [0.3, 0.4) is 0 Å². The van der Waals surface area contributed by atoms with Gasteiger partial charge in [-0.25, -0.2) is 4.98 Å². The summed E-state index contributed by atoms with van der Waals surface area (Å²) < 4.78 is 0. The van der Waals surface area contributed by atoms with E-state index in [4.69, 9.17) is 5.73 Å². The molecule has 4 N–H and O–H groups in total. The number of primary amides is 1. The first-order valence-corrected chi connectivity index (χ1v) is 10.4. The Hall–Kier alpha value is -2.78. The van der Waals surface area contributed by atoms with Crippen molar-refractivity contribution in [3.8, 4) is 11.4 Å². The second kappa shape index (κ2) is 9.43. The smallest absolute Gasteiger partial charge is 0.234 e. The Labute approximate surface area is 170 Å². The fourth-order valence-electron chi connectivity index (χ4n) is 2.31. The van der Waals surface area contributed by atoms with Gasteiger partial charge in [0.15, 0.2) is 5.82 Å². The van der Waals surface area contributed by atoms with E-state index >= 15 is 0 Å². The molecule has 0 unspecified atom stereocenters. The molecule has 144 valence electrons. The molecule has 0 aliphatic carbocycles. The Morgan fingerprint density at radius 3 is 2.57 bits per heavy atom. The fourth-order valence-corrected chi connectivity index (χ4v) is 3.66. The van der Waals surface area contributed by atoms with Crippen LogP contribution in [-0.2, 0) is 9.59 Å². The summed E-state index contributed by atoms with van der Waals surface area (Å²) in [5.41, 5.74) is 7.95. The minimum atomic E-state index is -0.407. The number of para-hydroxylation sites is 1. The third-order valence-corrected chi connectivity index (χ3v) is 5.60. The topological polar surface area (TPSA) is 114 Å². The van der Waals surface area contributed by atoms with E-state index in [0.29, 0.717) is 16.7 Å². The molecule has 3 aromatic rings. The monoisotopic (exact) mass is 413 g/mol. The van der Waals surface area contributed by atoms with Crippen LogP contribution < -0.4 is 11.1 Å². The van der Waals surface area contributed by atoms with Gasteiger partial charge in [0.05, 0.1) is 17.2 Å². The number of hydrogen-bond donors (Lipinski definition) is 3. The first kappa shape index (κ1) is 20.0. The molecule has 7 nitrogen and oxygen atoms in total. The predicted octanol–water partition coefficient (Wildman–Crippen LogP) is 3.09. The van der Waals surface area contributed by atoms with Crippen LogP contribution in [0.25, 0.3) is 11.4 Å². The predicted molar refractivity (Wildman–Crippen MR) is 112 cm³/mol. The van der Waals surface area contributed by atoms with E-state index in [1.54, 1.807) is 6.07 Å². The number of amides is 2. The highest BCUT2D eigenvalue weighted by Gasteiger charge is 2.11. The zero-order chi connectivity index (χ0) is 19.9. The zero-order valence-electron chi connectivity index (χ0n) is 15.1. The maximum Gasteiger partial charge on any atom is 0.234 e. The normalized spacial score (nSPS) is 10.6. The summed E-state index contributed by atoms with van der Waals surface area (Å²) in [7, 11) is 0. The molecule has 0 fully saturated rings. The van der Waals surface area contributed by atoms with Crippen molar-refractivity contribution in [3.63, 3.8) is 0 Å². The fraction of sp³-hybridized carbons (Fsp3) is 0.158. The summed E-state index contributed by atoms with van der Waals surface area (Å²) in [6, 6.07) is 15.2. The van der Waals surface area contributed by atoms with Crippen LogP contribution in [0.15, 0.2) is 58.6 Å². The maximum absolute atomic E-state index is 12.3. The number of nitrogens with zero attached hydrogens (tertiary/aromatic N) is 2. The zero-order valence-corrected chi connectivity index (χ0v) is 16.8. The van der Waals surface area contributed by atoms with Gasteiger partial charge in [-0.15, -0.1) is 16.9 Å². The number of nitrogens with two attached hydrogens (primary N) is 1. The van der Waals surface area contributed by atoms with Crippen molar-refractivity contribution in [1.82, 2.24) is 15.2 Å². The average Bonchev–Trinajstić information content (AvgIpc) is 3.15. The van der Waals surface area contributed by atoms with E-state index in [-0.39, 0.29) is 17.4 Å². The molecule has 0 bridgehead atoms. The van der Waals surface area contributed by atoms with Gasteiger partial charge < -0.3 is 11.1 Å². The number of aromatic nitrogens is 3. The number of carbonyl (C=O) groups excluding carboxylic acids is 2. The van der Waals surface area contributed by atoms with Crippen molar-refractivity contribution in [2.24, 2.45) is 5.73 Å². The van der Waals surface area contributed by atoms with Crippen molar-refractivity contribution in [2.45, 2.75) is 17.0 Å². The number of anilines is 1. The molecule has 0 saturated heterocycles. The molecule has 1 aromatic heterocycles. The van der Waals surface area contributed by atoms with E-state index in [0.717, 1.165) is 10.5 Å². The number of aromatic amines is 1. The van der Waals surface area contributed by atoms with Crippen molar-refractivity contribution in [1.29, 1.82) is 0 Å². The van der Waals surface area contributed by atoms with Crippen LogP contribution in [0, 0.1) is 6.92 Å². The van der Waals surface area contributed by atoms with Gasteiger partial charge in [0, 0.05) is 10.5 Å². The summed E-state index contributed by atoms with van der Waals surface area (Å²) in [6.07, 6.45) is 0. The lowest BCUT2D eigenvalue weighted by Crippen LogP contribution is -2.16. The number of carbonyl (C=O) groups is 2. The second-order valence-corrected chi connectivity index (χ2v) is 7.88. The maximum atomic E-state index is 12.3. The van der Waals surface area contributed by atoms with Crippen LogP contribution in [0.1, 0.15) is 5.56 Å². The van der Waals surface area contributed by atoms with Gasteiger partial charge in [0.25, 0.3) is 0 Å². The Bertz CT molecular complexity index is 972. The van der Waals surface area contributed by atoms with Crippen molar-refractivity contribution >= 4 is 41.0 Å². The number of benzene rings is 2. The standard InChI is InChI=1S/C19H19N5O2S2/c1-12-6-8-13(9-7-12)18-22-19(24-23-18)28-11-17(26)21-14-4-2-3-5-15(14)27-10-16(20)25/h2-9H,10-11H2,1H3,(H2,20,25)(H,21,26)(H,22,23,24). The lowest BCUT2D eigenvalue weighted by atomic mass is 10.1. The van der Waals surface area contributed by atoms with Gasteiger partial charge in [0.2, 0.25) is 17.0 Å². The van der Waals surface area contributed by atoms with Crippen LogP contribution in [0.4, 0.5) is 5.69 Å². The van der Waals surface area contributed by atoms with Gasteiger partial charge in [-0.1, -0.05) is 53.7 Å². The molecule has 2 amide bonds. The summed E-state index contributed by atoms with van der Waals surface area (Å²) in [6.45, 7) is 2.02. The highest BCUT2D eigenvalue weighted by molar-refractivity contribution is 8.00. The molecular formula is C19H19N5O2S2. The summed E-state index contributed by atoms with van der Waals surface area (Å²) in [5.74, 6) is 0.395. The molecule has 9 heteroatoms. The Morgan fingerprint density at radius 2 is 1.82 bits per heavy atom. The van der Waals surface area contributed by atoms with Crippen LogP contribution in [0.2, 0.25) is 0 Å². The second-order valence-electron chi connectivity index (χ2n) is 5.92. The van der Waals surface area contributed by atoms with Crippen molar-refractivity contribution in [3.05, 3.63) is 54.1 Å².